The Kier molecular flexibility index (Phi) is 7.81. The molecule has 3 atom stereocenters. The second kappa shape index (κ2) is 9.14. The highest BCUT2D eigenvalue weighted by Crippen LogP contribution is 2.28. The van der Waals surface area contributed by atoms with Gasteiger partial charge < -0.3 is 5.32 Å². The van der Waals surface area contributed by atoms with E-state index in [1.165, 1.54) is 31.2 Å². The van der Waals surface area contributed by atoms with Crippen LogP contribution in [-0.4, -0.2) is 6.54 Å². The Hall–Kier alpha value is -0.820. The normalized spacial score (nSPS) is 16.0. The molecule has 108 valence electrons. The Balaban J connectivity index is 2.67. The van der Waals surface area contributed by atoms with Gasteiger partial charge in [-0.3, -0.25) is 0 Å². The van der Waals surface area contributed by atoms with Crippen molar-refractivity contribution < 1.29 is 0 Å². The molecule has 0 amide bonds. The van der Waals surface area contributed by atoms with Crippen molar-refractivity contribution in [3.8, 4) is 0 Å². The fourth-order valence-electron chi connectivity index (χ4n) is 2.99. The summed E-state index contributed by atoms with van der Waals surface area (Å²) in [6.45, 7) is 10.4. The Morgan fingerprint density at radius 1 is 1.00 bits per heavy atom. The second-order valence-electron chi connectivity index (χ2n) is 5.95. The van der Waals surface area contributed by atoms with Crippen LogP contribution in [0.25, 0.3) is 0 Å². The smallest absolute Gasteiger partial charge is 0.0346 e. The molecule has 1 rings (SSSR count). The minimum atomic E-state index is 0.500. The molecule has 0 aliphatic rings. The van der Waals surface area contributed by atoms with E-state index in [1.54, 1.807) is 0 Å². The van der Waals surface area contributed by atoms with Gasteiger partial charge in [0.25, 0.3) is 0 Å². The first kappa shape index (κ1) is 16.2. The summed E-state index contributed by atoms with van der Waals surface area (Å²) in [5.74, 6) is 1.52. The van der Waals surface area contributed by atoms with Crippen molar-refractivity contribution in [2.75, 3.05) is 6.54 Å². The van der Waals surface area contributed by atoms with E-state index in [1.807, 2.05) is 0 Å². The van der Waals surface area contributed by atoms with Crippen molar-refractivity contribution in [2.45, 2.75) is 59.4 Å². The highest BCUT2D eigenvalue weighted by Gasteiger charge is 2.20. The van der Waals surface area contributed by atoms with Crippen LogP contribution in [0.3, 0.4) is 0 Å². The monoisotopic (exact) mass is 261 g/mol. The van der Waals surface area contributed by atoms with Gasteiger partial charge >= 0.3 is 0 Å². The van der Waals surface area contributed by atoms with Crippen molar-refractivity contribution in [1.82, 2.24) is 5.32 Å². The van der Waals surface area contributed by atoms with Crippen molar-refractivity contribution in [2.24, 2.45) is 11.8 Å². The summed E-state index contributed by atoms with van der Waals surface area (Å²) < 4.78 is 0. The first-order valence-corrected chi connectivity index (χ1v) is 7.97. The van der Waals surface area contributed by atoms with Gasteiger partial charge in [0.1, 0.15) is 0 Å². The molecule has 0 fully saturated rings. The van der Waals surface area contributed by atoms with Gasteiger partial charge in [0.2, 0.25) is 0 Å². The van der Waals surface area contributed by atoms with E-state index in [2.05, 4.69) is 63.3 Å². The summed E-state index contributed by atoms with van der Waals surface area (Å²) in [4.78, 5) is 0. The van der Waals surface area contributed by atoms with Crippen molar-refractivity contribution in [1.29, 1.82) is 0 Å². The van der Waals surface area contributed by atoms with Gasteiger partial charge in [-0.1, -0.05) is 70.9 Å². The maximum Gasteiger partial charge on any atom is 0.0346 e. The summed E-state index contributed by atoms with van der Waals surface area (Å²) in [7, 11) is 0. The lowest BCUT2D eigenvalue weighted by Gasteiger charge is -2.28. The lowest BCUT2D eigenvalue weighted by atomic mass is 9.85. The van der Waals surface area contributed by atoms with Crippen LogP contribution in [0.1, 0.15) is 65.0 Å². The van der Waals surface area contributed by atoms with Gasteiger partial charge in [-0.2, -0.15) is 0 Å². The topological polar surface area (TPSA) is 12.0 Å². The van der Waals surface area contributed by atoms with Crippen LogP contribution in [0.4, 0.5) is 0 Å². The molecular formula is C18H31N. The average molecular weight is 261 g/mol. The third-order valence-electron chi connectivity index (χ3n) is 3.90. The van der Waals surface area contributed by atoms with Gasteiger partial charge in [-0.15, -0.1) is 0 Å². The zero-order valence-corrected chi connectivity index (χ0v) is 13.2. The first-order chi connectivity index (χ1) is 9.19. The maximum absolute atomic E-state index is 3.73. The second-order valence-corrected chi connectivity index (χ2v) is 5.95. The third-order valence-corrected chi connectivity index (χ3v) is 3.90. The quantitative estimate of drug-likeness (QED) is 0.645. The Morgan fingerprint density at radius 3 is 2.26 bits per heavy atom. The minimum Gasteiger partial charge on any atom is -0.310 e. The molecule has 1 aromatic rings. The molecule has 1 N–H and O–H groups in total. The highest BCUT2D eigenvalue weighted by molar-refractivity contribution is 5.19. The molecule has 0 aliphatic carbocycles. The van der Waals surface area contributed by atoms with E-state index in [-0.39, 0.29) is 0 Å². The van der Waals surface area contributed by atoms with E-state index in [4.69, 9.17) is 0 Å². The molecule has 3 unspecified atom stereocenters. The van der Waals surface area contributed by atoms with Crippen LogP contribution in [0.15, 0.2) is 30.3 Å². The molecule has 0 saturated carbocycles. The van der Waals surface area contributed by atoms with Crippen molar-refractivity contribution in [3.63, 3.8) is 0 Å². The molecule has 1 aromatic carbocycles. The Bertz CT molecular complexity index is 320. The van der Waals surface area contributed by atoms with Crippen LogP contribution in [0, 0.1) is 11.8 Å². The number of nitrogens with one attached hydrogen (secondary N) is 1. The molecule has 0 aromatic heterocycles. The largest absolute Gasteiger partial charge is 0.310 e. The van der Waals surface area contributed by atoms with E-state index < -0.39 is 0 Å². The first-order valence-electron chi connectivity index (χ1n) is 7.97. The van der Waals surface area contributed by atoms with Crippen LogP contribution in [0.2, 0.25) is 0 Å². The van der Waals surface area contributed by atoms with Gasteiger partial charge in [-0.25, -0.2) is 0 Å². The summed E-state index contributed by atoms with van der Waals surface area (Å²) in [6, 6.07) is 11.4. The van der Waals surface area contributed by atoms with Gasteiger partial charge in [0, 0.05) is 6.04 Å². The van der Waals surface area contributed by atoms with E-state index in [0.29, 0.717) is 12.0 Å². The summed E-state index contributed by atoms with van der Waals surface area (Å²) in [6.07, 6.45) is 5.15. The van der Waals surface area contributed by atoms with Crippen LogP contribution < -0.4 is 5.32 Å². The molecular weight excluding hydrogens is 230 g/mol. The predicted octanol–water partition coefficient (Wildman–Crippen LogP) is 5.19. The van der Waals surface area contributed by atoms with Crippen molar-refractivity contribution in [3.05, 3.63) is 35.9 Å². The van der Waals surface area contributed by atoms with Gasteiger partial charge in [0.15, 0.2) is 0 Å². The lowest BCUT2D eigenvalue weighted by Crippen LogP contribution is -2.28. The fraction of sp³-hybridized carbons (Fsp3) is 0.667. The zero-order chi connectivity index (χ0) is 14.1. The molecule has 1 nitrogen and oxygen atoms in total. The molecule has 0 heterocycles. The SMILES string of the molecule is CCCNC(c1ccccc1)C(C)CC(C)CCC. The summed E-state index contributed by atoms with van der Waals surface area (Å²) in [5, 5.41) is 3.73. The van der Waals surface area contributed by atoms with E-state index in [0.717, 1.165) is 12.5 Å². The van der Waals surface area contributed by atoms with Gasteiger partial charge in [0.05, 0.1) is 0 Å². The minimum absolute atomic E-state index is 0.500. The fourth-order valence-corrected chi connectivity index (χ4v) is 2.99. The molecule has 0 radical (unpaired) electrons. The molecule has 19 heavy (non-hydrogen) atoms. The van der Waals surface area contributed by atoms with Gasteiger partial charge in [-0.05, 0) is 36.8 Å². The zero-order valence-electron chi connectivity index (χ0n) is 13.2. The number of rotatable bonds is 9. The summed E-state index contributed by atoms with van der Waals surface area (Å²) >= 11 is 0. The van der Waals surface area contributed by atoms with E-state index >= 15 is 0 Å². The van der Waals surface area contributed by atoms with Crippen LogP contribution in [-0.2, 0) is 0 Å². The number of hydrogen-bond acceptors (Lipinski definition) is 1. The average Bonchev–Trinajstić information content (AvgIpc) is 2.40. The molecule has 0 spiro atoms. The van der Waals surface area contributed by atoms with Crippen LogP contribution >= 0.6 is 0 Å². The number of benzene rings is 1. The number of hydrogen-bond donors (Lipinski definition) is 1. The lowest BCUT2D eigenvalue weighted by molar-refractivity contribution is 0.309. The molecule has 0 saturated heterocycles. The molecule has 0 bridgehead atoms. The third kappa shape index (κ3) is 5.78. The Labute approximate surface area is 119 Å². The summed E-state index contributed by atoms with van der Waals surface area (Å²) in [5.41, 5.74) is 1.44. The predicted molar refractivity (Wildman–Crippen MR) is 85.3 cm³/mol. The van der Waals surface area contributed by atoms with Crippen molar-refractivity contribution >= 4 is 0 Å². The Morgan fingerprint density at radius 2 is 1.68 bits per heavy atom. The van der Waals surface area contributed by atoms with E-state index in [9.17, 15) is 0 Å². The molecule has 1 heteroatoms. The highest BCUT2D eigenvalue weighted by atomic mass is 14.9. The maximum atomic E-state index is 3.73. The standard InChI is InChI=1S/C18H31N/c1-5-10-15(3)14-16(4)18(19-13-6-2)17-11-8-7-9-12-17/h7-9,11-12,15-16,18-19H,5-6,10,13-14H2,1-4H3. The molecule has 0 aliphatic heterocycles. The van der Waals surface area contributed by atoms with Crippen LogP contribution in [0.5, 0.6) is 0 Å².